The third-order valence-corrected chi connectivity index (χ3v) is 7.30. The number of benzene rings is 1. The number of hydrogen-bond donors (Lipinski definition) is 2. The molecule has 2 aliphatic rings. The molecule has 1 aromatic rings. The number of carbonyl (C=O) groups excluding carboxylic acids is 2. The Kier molecular flexibility index (Phi) is 6.49. The summed E-state index contributed by atoms with van der Waals surface area (Å²) in [6.07, 6.45) is 7.17. The molecule has 0 spiro atoms. The first kappa shape index (κ1) is 17.7. The van der Waals surface area contributed by atoms with Gasteiger partial charge >= 0.3 is 0 Å². The lowest BCUT2D eigenvalue weighted by Gasteiger charge is -2.09. The predicted octanol–water partition coefficient (Wildman–Crippen LogP) is 4.69. The van der Waals surface area contributed by atoms with E-state index in [1.54, 1.807) is 0 Å². The molecule has 2 fully saturated rings. The number of carbonyl (C=O) groups is 2. The van der Waals surface area contributed by atoms with Crippen LogP contribution in [-0.2, 0) is 9.59 Å². The molecule has 1 aliphatic heterocycles. The van der Waals surface area contributed by atoms with Crippen LogP contribution >= 0.6 is 21.6 Å². The van der Waals surface area contributed by atoms with Crippen molar-refractivity contribution >= 4 is 44.8 Å². The van der Waals surface area contributed by atoms with E-state index in [0.717, 1.165) is 42.3 Å². The molecule has 0 bridgehead atoms. The van der Waals surface area contributed by atoms with E-state index in [2.05, 4.69) is 10.6 Å². The molecule has 1 heterocycles. The average Bonchev–Trinajstić information content (AvgIpc) is 3.31. The minimum absolute atomic E-state index is 0.0678. The molecule has 1 saturated heterocycles. The maximum Gasteiger partial charge on any atom is 0.227 e. The van der Waals surface area contributed by atoms with Gasteiger partial charge < -0.3 is 10.6 Å². The third kappa shape index (κ3) is 5.74. The molecule has 1 atom stereocenters. The van der Waals surface area contributed by atoms with Crippen LogP contribution in [0.5, 0.6) is 0 Å². The van der Waals surface area contributed by atoms with E-state index in [-0.39, 0.29) is 17.7 Å². The van der Waals surface area contributed by atoms with Gasteiger partial charge in [0.1, 0.15) is 0 Å². The van der Waals surface area contributed by atoms with Gasteiger partial charge in [0.05, 0.1) is 0 Å². The zero-order valence-corrected chi connectivity index (χ0v) is 15.4. The first-order valence-corrected chi connectivity index (χ1v) is 11.1. The van der Waals surface area contributed by atoms with Crippen molar-refractivity contribution in [3.05, 3.63) is 24.3 Å². The molecule has 0 aromatic heterocycles. The molecular formula is C18H24N2O2S2. The van der Waals surface area contributed by atoms with Crippen LogP contribution in [0.3, 0.4) is 0 Å². The second-order valence-corrected chi connectivity index (χ2v) is 9.25. The van der Waals surface area contributed by atoms with Crippen molar-refractivity contribution in [1.29, 1.82) is 0 Å². The van der Waals surface area contributed by atoms with Gasteiger partial charge in [-0.15, -0.1) is 0 Å². The molecule has 1 saturated carbocycles. The van der Waals surface area contributed by atoms with Gasteiger partial charge in [0.2, 0.25) is 11.8 Å². The molecule has 1 aliphatic carbocycles. The number of nitrogens with one attached hydrogen (secondary N) is 2. The molecule has 2 N–H and O–H groups in total. The van der Waals surface area contributed by atoms with E-state index in [1.165, 1.54) is 18.6 Å². The van der Waals surface area contributed by atoms with E-state index in [4.69, 9.17) is 0 Å². The Morgan fingerprint density at radius 1 is 1.00 bits per heavy atom. The summed E-state index contributed by atoms with van der Waals surface area (Å²) >= 11 is 0. The largest absolute Gasteiger partial charge is 0.326 e. The summed E-state index contributed by atoms with van der Waals surface area (Å²) in [7, 11) is 3.97. The smallest absolute Gasteiger partial charge is 0.227 e. The Morgan fingerprint density at radius 3 is 2.33 bits per heavy atom. The van der Waals surface area contributed by atoms with Crippen molar-refractivity contribution in [3.8, 4) is 0 Å². The molecule has 0 radical (unpaired) electrons. The van der Waals surface area contributed by atoms with E-state index in [9.17, 15) is 9.59 Å². The number of hydrogen-bond acceptors (Lipinski definition) is 4. The van der Waals surface area contributed by atoms with Crippen LogP contribution in [0.25, 0.3) is 0 Å². The summed E-state index contributed by atoms with van der Waals surface area (Å²) in [6.45, 7) is 0. The molecular weight excluding hydrogens is 340 g/mol. The molecule has 2 amide bonds. The Morgan fingerprint density at radius 2 is 1.71 bits per heavy atom. The molecule has 4 nitrogen and oxygen atoms in total. The zero-order valence-electron chi connectivity index (χ0n) is 13.8. The Bertz CT molecular complexity index is 567. The summed E-state index contributed by atoms with van der Waals surface area (Å²) in [4.78, 5) is 23.7. The zero-order chi connectivity index (χ0) is 16.8. The van der Waals surface area contributed by atoms with Crippen LogP contribution in [0.1, 0.15) is 44.9 Å². The number of anilines is 2. The fourth-order valence-corrected chi connectivity index (χ4v) is 5.70. The average molecular weight is 365 g/mol. The van der Waals surface area contributed by atoms with Gasteiger partial charge in [-0.1, -0.05) is 28.0 Å². The molecule has 6 heteroatoms. The normalized spacial score (nSPS) is 19.9. The highest BCUT2D eigenvalue weighted by Crippen LogP contribution is 2.39. The van der Waals surface area contributed by atoms with Gasteiger partial charge in [-0.25, -0.2) is 0 Å². The number of rotatable bonds is 8. The van der Waals surface area contributed by atoms with E-state index < -0.39 is 0 Å². The lowest BCUT2D eigenvalue weighted by atomic mass is 10.1. The monoisotopic (exact) mass is 364 g/mol. The summed E-state index contributed by atoms with van der Waals surface area (Å²) in [5.74, 6) is 1.64. The van der Waals surface area contributed by atoms with Crippen molar-refractivity contribution < 1.29 is 9.59 Å². The topological polar surface area (TPSA) is 58.2 Å². The lowest BCUT2D eigenvalue weighted by molar-refractivity contribution is -0.117. The van der Waals surface area contributed by atoms with Crippen LogP contribution in [0.15, 0.2) is 24.3 Å². The lowest BCUT2D eigenvalue weighted by Crippen LogP contribution is -2.14. The van der Waals surface area contributed by atoms with Gasteiger partial charge in [-0.3, -0.25) is 9.59 Å². The van der Waals surface area contributed by atoms with Crippen LogP contribution in [0.4, 0.5) is 11.4 Å². The first-order chi connectivity index (χ1) is 11.7. The highest BCUT2D eigenvalue weighted by molar-refractivity contribution is 8.77. The van der Waals surface area contributed by atoms with E-state index >= 15 is 0 Å². The third-order valence-electron chi connectivity index (χ3n) is 4.29. The van der Waals surface area contributed by atoms with Crippen LogP contribution in [-0.4, -0.2) is 22.8 Å². The molecule has 3 rings (SSSR count). The predicted molar refractivity (Wildman–Crippen MR) is 103 cm³/mol. The Hall–Kier alpha value is -1.14. The summed E-state index contributed by atoms with van der Waals surface area (Å²) in [5.41, 5.74) is 1.57. The first-order valence-electron chi connectivity index (χ1n) is 8.70. The summed E-state index contributed by atoms with van der Waals surface area (Å²) < 4.78 is 0. The number of amides is 2. The Labute approximate surface area is 151 Å². The molecule has 1 aromatic carbocycles. The quantitative estimate of drug-likeness (QED) is 0.519. The van der Waals surface area contributed by atoms with Crippen LogP contribution < -0.4 is 10.6 Å². The SMILES string of the molecule is O=C(CCCCC1CCSS1)Nc1ccc(NC(=O)C2CC2)cc1. The van der Waals surface area contributed by atoms with Crippen molar-refractivity contribution in [3.63, 3.8) is 0 Å². The summed E-state index contributed by atoms with van der Waals surface area (Å²) in [5, 5.41) is 6.61. The highest BCUT2D eigenvalue weighted by atomic mass is 33.1. The minimum Gasteiger partial charge on any atom is -0.326 e. The van der Waals surface area contributed by atoms with Crippen molar-refractivity contribution in [2.45, 2.75) is 50.2 Å². The van der Waals surface area contributed by atoms with Gasteiger partial charge in [-0.05, 0) is 56.4 Å². The van der Waals surface area contributed by atoms with Gasteiger partial charge in [0.25, 0.3) is 0 Å². The van der Waals surface area contributed by atoms with Gasteiger partial charge in [0.15, 0.2) is 0 Å². The highest BCUT2D eigenvalue weighted by Gasteiger charge is 2.29. The van der Waals surface area contributed by atoms with Crippen LogP contribution in [0.2, 0.25) is 0 Å². The molecule has 24 heavy (non-hydrogen) atoms. The minimum atomic E-state index is 0.0678. The molecule has 130 valence electrons. The standard InChI is InChI=1S/C18H24N2O2S2/c21-17(4-2-1-3-16-11-12-23-24-16)19-14-7-9-15(10-8-14)20-18(22)13-5-6-13/h7-10,13,16H,1-6,11-12H2,(H,19,21)(H,20,22). The maximum absolute atomic E-state index is 12.0. The van der Waals surface area contributed by atoms with Crippen molar-refractivity contribution in [1.82, 2.24) is 0 Å². The number of unbranched alkanes of at least 4 members (excludes halogenated alkanes) is 1. The second kappa shape index (κ2) is 8.81. The van der Waals surface area contributed by atoms with Crippen molar-refractivity contribution in [2.24, 2.45) is 5.92 Å². The van der Waals surface area contributed by atoms with Gasteiger partial charge in [0, 0.05) is 34.7 Å². The molecule has 1 unspecified atom stereocenters. The second-order valence-electron chi connectivity index (χ2n) is 6.46. The van der Waals surface area contributed by atoms with Crippen LogP contribution in [0, 0.1) is 5.92 Å². The van der Waals surface area contributed by atoms with Gasteiger partial charge in [-0.2, -0.15) is 0 Å². The van der Waals surface area contributed by atoms with Crippen molar-refractivity contribution in [2.75, 3.05) is 16.4 Å². The maximum atomic E-state index is 12.0. The van der Waals surface area contributed by atoms with E-state index in [0.29, 0.717) is 6.42 Å². The fourth-order valence-electron chi connectivity index (χ4n) is 2.67. The summed E-state index contributed by atoms with van der Waals surface area (Å²) in [6, 6.07) is 7.36. The van der Waals surface area contributed by atoms with E-state index in [1.807, 2.05) is 45.9 Å². The Balaban J connectivity index is 1.33. The fraction of sp³-hybridized carbons (Fsp3) is 0.556.